The molecule has 0 aromatic heterocycles. The maximum absolute atomic E-state index is 10.6. The van der Waals surface area contributed by atoms with Crippen molar-refractivity contribution in [3.8, 4) is 0 Å². The molecule has 0 radical (unpaired) electrons. The molecule has 0 heterocycles. The first-order chi connectivity index (χ1) is 5.83. The number of carbonyl (C=O) groups excluding carboxylic acids is 1. The van der Waals surface area contributed by atoms with E-state index in [1.165, 1.54) is 32.8 Å². The lowest BCUT2D eigenvalue weighted by Gasteiger charge is -2.01. The molecule has 0 amide bonds. The Bertz CT molecular complexity index is 143. The molecule has 0 atom stereocenters. The van der Waals surface area contributed by atoms with Crippen molar-refractivity contribution < 1.29 is 9.53 Å². The Kier molecular flexibility index (Phi) is 4.08. The van der Waals surface area contributed by atoms with Crippen LogP contribution in [0.3, 0.4) is 0 Å². The second kappa shape index (κ2) is 5.14. The van der Waals surface area contributed by atoms with E-state index in [0.717, 1.165) is 12.5 Å². The molecule has 1 aliphatic carbocycles. The van der Waals surface area contributed by atoms with Crippen molar-refractivity contribution in [1.29, 1.82) is 0 Å². The highest BCUT2D eigenvalue weighted by Gasteiger charge is 2.19. The summed E-state index contributed by atoms with van der Waals surface area (Å²) in [7, 11) is 1.41. The van der Waals surface area contributed by atoms with E-state index in [2.05, 4.69) is 10.1 Å². The van der Waals surface area contributed by atoms with E-state index in [1.54, 1.807) is 0 Å². The molecule has 1 fully saturated rings. The Labute approximate surface area is 73.5 Å². The van der Waals surface area contributed by atoms with Gasteiger partial charge in [-0.15, -0.1) is 0 Å². The second-order valence-corrected chi connectivity index (χ2v) is 3.34. The third kappa shape index (κ3) is 4.34. The van der Waals surface area contributed by atoms with E-state index in [1.807, 2.05) is 0 Å². The number of nitrogens with one attached hydrogen (secondary N) is 1. The van der Waals surface area contributed by atoms with Crippen LogP contribution in [-0.4, -0.2) is 26.2 Å². The van der Waals surface area contributed by atoms with Gasteiger partial charge in [-0.2, -0.15) is 0 Å². The normalized spacial score (nSPS) is 16.1. The number of esters is 1. The van der Waals surface area contributed by atoms with E-state index in [9.17, 15) is 4.79 Å². The lowest BCUT2D eigenvalue weighted by molar-refractivity contribution is -0.139. The summed E-state index contributed by atoms with van der Waals surface area (Å²) in [5.41, 5.74) is 0. The second-order valence-electron chi connectivity index (χ2n) is 3.34. The summed E-state index contributed by atoms with van der Waals surface area (Å²) in [6.45, 7) is 1.28. The van der Waals surface area contributed by atoms with E-state index in [0.29, 0.717) is 6.54 Å². The van der Waals surface area contributed by atoms with Crippen LogP contribution in [0, 0.1) is 5.92 Å². The molecule has 70 valence electrons. The number of hydrogen-bond donors (Lipinski definition) is 1. The van der Waals surface area contributed by atoms with E-state index >= 15 is 0 Å². The minimum atomic E-state index is -0.179. The lowest BCUT2D eigenvalue weighted by Crippen LogP contribution is -2.24. The van der Waals surface area contributed by atoms with Crippen LogP contribution in [-0.2, 0) is 9.53 Å². The summed E-state index contributed by atoms with van der Waals surface area (Å²) >= 11 is 0. The lowest BCUT2D eigenvalue weighted by atomic mass is 10.2. The van der Waals surface area contributed by atoms with Gasteiger partial charge in [-0.1, -0.05) is 12.8 Å². The van der Waals surface area contributed by atoms with Crippen LogP contribution >= 0.6 is 0 Å². The molecule has 0 aromatic carbocycles. The SMILES string of the molecule is COC(=O)CNCCCC1CC1. The Morgan fingerprint density at radius 1 is 1.58 bits per heavy atom. The molecule has 0 bridgehead atoms. The molecule has 3 nitrogen and oxygen atoms in total. The van der Waals surface area contributed by atoms with Crippen molar-refractivity contribution in [3.05, 3.63) is 0 Å². The highest BCUT2D eigenvalue weighted by atomic mass is 16.5. The van der Waals surface area contributed by atoms with Crippen LogP contribution < -0.4 is 5.32 Å². The highest BCUT2D eigenvalue weighted by molar-refractivity contribution is 5.71. The van der Waals surface area contributed by atoms with Gasteiger partial charge in [-0.25, -0.2) is 0 Å². The maximum atomic E-state index is 10.6. The van der Waals surface area contributed by atoms with Crippen molar-refractivity contribution in [2.75, 3.05) is 20.2 Å². The Morgan fingerprint density at radius 2 is 2.33 bits per heavy atom. The molecule has 1 aliphatic rings. The van der Waals surface area contributed by atoms with Gasteiger partial charge >= 0.3 is 5.97 Å². The van der Waals surface area contributed by atoms with Crippen LogP contribution in [0.5, 0.6) is 0 Å². The largest absolute Gasteiger partial charge is 0.468 e. The maximum Gasteiger partial charge on any atom is 0.319 e. The molecule has 0 spiro atoms. The Balaban J connectivity index is 1.78. The van der Waals surface area contributed by atoms with Crippen molar-refractivity contribution >= 4 is 5.97 Å². The average molecular weight is 171 g/mol. The summed E-state index contributed by atoms with van der Waals surface area (Å²) in [5, 5.41) is 3.04. The number of carbonyl (C=O) groups is 1. The van der Waals surface area contributed by atoms with Gasteiger partial charge in [-0.05, 0) is 25.3 Å². The van der Waals surface area contributed by atoms with Gasteiger partial charge < -0.3 is 10.1 Å². The molecule has 3 heteroatoms. The van der Waals surface area contributed by atoms with Gasteiger partial charge in [0.25, 0.3) is 0 Å². The van der Waals surface area contributed by atoms with Crippen molar-refractivity contribution in [3.63, 3.8) is 0 Å². The minimum absolute atomic E-state index is 0.179. The Morgan fingerprint density at radius 3 is 2.92 bits per heavy atom. The summed E-state index contributed by atoms with van der Waals surface area (Å²) in [5.74, 6) is 0.811. The monoisotopic (exact) mass is 171 g/mol. The zero-order valence-corrected chi connectivity index (χ0v) is 7.64. The predicted molar refractivity (Wildman–Crippen MR) is 46.8 cm³/mol. The summed E-state index contributed by atoms with van der Waals surface area (Å²) in [6.07, 6.45) is 5.32. The molecule has 1 saturated carbocycles. The number of ether oxygens (including phenoxy) is 1. The number of rotatable bonds is 6. The van der Waals surface area contributed by atoms with Crippen LogP contribution in [0.1, 0.15) is 25.7 Å². The van der Waals surface area contributed by atoms with Crippen LogP contribution in [0.2, 0.25) is 0 Å². The van der Waals surface area contributed by atoms with Gasteiger partial charge in [0.15, 0.2) is 0 Å². The first-order valence-corrected chi connectivity index (χ1v) is 4.60. The molecule has 0 aliphatic heterocycles. The van der Waals surface area contributed by atoms with Crippen molar-refractivity contribution in [2.45, 2.75) is 25.7 Å². The van der Waals surface area contributed by atoms with Crippen molar-refractivity contribution in [2.24, 2.45) is 5.92 Å². The van der Waals surface area contributed by atoms with Crippen LogP contribution in [0.15, 0.2) is 0 Å². The fraction of sp³-hybridized carbons (Fsp3) is 0.889. The summed E-state index contributed by atoms with van der Waals surface area (Å²) < 4.78 is 4.49. The van der Waals surface area contributed by atoms with Crippen LogP contribution in [0.4, 0.5) is 0 Å². The molecule has 0 saturated heterocycles. The predicted octanol–water partition coefficient (Wildman–Crippen LogP) is 0.939. The standard InChI is InChI=1S/C9H17NO2/c1-12-9(11)7-10-6-2-3-8-4-5-8/h8,10H,2-7H2,1H3. The summed E-state index contributed by atoms with van der Waals surface area (Å²) in [6, 6.07) is 0. The van der Waals surface area contributed by atoms with Gasteiger partial charge in [0, 0.05) is 0 Å². The first-order valence-electron chi connectivity index (χ1n) is 4.60. The van der Waals surface area contributed by atoms with Gasteiger partial charge in [0.2, 0.25) is 0 Å². The van der Waals surface area contributed by atoms with E-state index < -0.39 is 0 Å². The molecule has 0 aromatic rings. The molecule has 1 N–H and O–H groups in total. The van der Waals surface area contributed by atoms with Crippen molar-refractivity contribution in [1.82, 2.24) is 5.32 Å². The molecule has 12 heavy (non-hydrogen) atoms. The Hall–Kier alpha value is -0.570. The average Bonchev–Trinajstić information content (AvgIpc) is 2.87. The molecular weight excluding hydrogens is 154 g/mol. The fourth-order valence-corrected chi connectivity index (χ4v) is 1.18. The smallest absolute Gasteiger partial charge is 0.319 e. The van der Waals surface area contributed by atoms with Gasteiger partial charge in [-0.3, -0.25) is 4.79 Å². The highest BCUT2D eigenvalue weighted by Crippen LogP contribution is 2.33. The summed E-state index contributed by atoms with van der Waals surface area (Å²) in [4.78, 5) is 10.6. The zero-order chi connectivity index (χ0) is 8.81. The topological polar surface area (TPSA) is 38.3 Å². The van der Waals surface area contributed by atoms with Crippen LogP contribution in [0.25, 0.3) is 0 Å². The minimum Gasteiger partial charge on any atom is -0.468 e. The third-order valence-corrected chi connectivity index (χ3v) is 2.16. The fourth-order valence-electron chi connectivity index (χ4n) is 1.18. The van der Waals surface area contributed by atoms with Gasteiger partial charge in [0.1, 0.15) is 0 Å². The molecule has 1 rings (SSSR count). The number of methoxy groups -OCH3 is 1. The molecular formula is C9H17NO2. The zero-order valence-electron chi connectivity index (χ0n) is 7.64. The quantitative estimate of drug-likeness (QED) is 0.477. The third-order valence-electron chi connectivity index (χ3n) is 2.16. The number of hydrogen-bond acceptors (Lipinski definition) is 3. The molecule has 0 unspecified atom stereocenters. The van der Waals surface area contributed by atoms with E-state index in [-0.39, 0.29) is 5.97 Å². The van der Waals surface area contributed by atoms with E-state index in [4.69, 9.17) is 0 Å². The van der Waals surface area contributed by atoms with Gasteiger partial charge in [0.05, 0.1) is 13.7 Å². The first kappa shape index (κ1) is 9.52.